The number of aromatic nitrogens is 2. The molecule has 0 aliphatic heterocycles. The summed E-state index contributed by atoms with van der Waals surface area (Å²) in [7, 11) is 0. The number of benzene rings is 2. The van der Waals surface area contributed by atoms with Crippen LogP contribution >= 0.6 is 11.6 Å². The van der Waals surface area contributed by atoms with Gasteiger partial charge in [-0.3, -0.25) is 4.79 Å². The second kappa shape index (κ2) is 8.31. The molecule has 0 aliphatic rings. The van der Waals surface area contributed by atoms with Crippen LogP contribution in [0.2, 0.25) is 5.02 Å². The molecule has 0 aliphatic carbocycles. The van der Waals surface area contributed by atoms with Crippen LogP contribution in [0, 0.1) is 0 Å². The fraction of sp³-hybridized carbons (Fsp3) is 0.105. The molecule has 26 heavy (non-hydrogen) atoms. The first kappa shape index (κ1) is 17.7. The topological polar surface area (TPSA) is 78.9 Å². The molecule has 3 aromatic rings. The highest BCUT2D eigenvalue weighted by molar-refractivity contribution is 6.31. The van der Waals surface area contributed by atoms with E-state index in [9.17, 15) is 4.79 Å². The monoisotopic (exact) mass is 367 g/mol. The van der Waals surface area contributed by atoms with Crippen LogP contribution in [0.4, 0.5) is 23.1 Å². The zero-order valence-corrected chi connectivity index (χ0v) is 14.9. The second-order valence-electron chi connectivity index (χ2n) is 5.60. The number of hydrogen-bond donors (Lipinski definition) is 3. The van der Waals surface area contributed by atoms with Crippen LogP contribution < -0.4 is 16.0 Å². The molecule has 0 spiro atoms. The molecule has 0 unspecified atom stereocenters. The molecule has 0 saturated carbocycles. The third-order valence-corrected chi connectivity index (χ3v) is 3.87. The van der Waals surface area contributed by atoms with Crippen LogP contribution in [-0.4, -0.2) is 15.9 Å². The number of carbonyl (C=O) groups is 1. The Morgan fingerprint density at radius 2 is 1.88 bits per heavy atom. The molecule has 0 fully saturated rings. The Hall–Kier alpha value is -3.12. The summed E-state index contributed by atoms with van der Waals surface area (Å²) >= 11 is 6.16. The van der Waals surface area contributed by atoms with Crippen LogP contribution in [-0.2, 0) is 11.3 Å². The fourth-order valence-corrected chi connectivity index (χ4v) is 2.56. The van der Waals surface area contributed by atoms with Gasteiger partial charge >= 0.3 is 0 Å². The molecule has 7 heteroatoms. The van der Waals surface area contributed by atoms with E-state index < -0.39 is 0 Å². The van der Waals surface area contributed by atoms with E-state index >= 15 is 0 Å². The molecule has 6 nitrogen and oxygen atoms in total. The van der Waals surface area contributed by atoms with Gasteiger partial charge in [0.25, 0.3) is 0 Å². The summed E-state index contributed by atoms with van der Waals surface area (Å²) in [5, 5.41) is 9.81. The van der Waals surface area contributed by atoms with Gasteiger partial charge in [0.05, 0.1) is 0 Å². The Balaban J connectivity index is 1.67. The van der Waals surface area contributed by atoms with Crippen molar-refractivity contribution in [2.45, 2.75) is 13.5 Å². The quantitative estimate of drug-likeness (QED) is 0.600. The normalized spacial score (nSPS) is 10.2. The fourth-order valence-electron chi connectivity index (χ4n) is 2.36. The van der Waals surface area contributed by atoms with E-state index in [-0.39, 0.29) is 5.91 Å². The third-order valence-electron chi connectivity index (χ3n) is 3.51. The molecule has 132 valence electrons. The summed E-state index contributed by atoms with van der Waals surface area (Å²) < 4.78 is 0. The van der Waals surface area contributed by atoms with Crippen LogP contribution in [0.15, 0.2) is 60.8 Å². The number of nitrogens with zero attached hydrogens (tertiary/aromatic N) is 2. The second-order valence-corrected chi connectivity index (χ2v) is 6.00. The predicted octanol–water partition coefficient (Wildman–Crippen LogP) is 4.44. The number of carbonyl (C=O) groups excluding carboxylic acids is 1. The highest BCUT2D eigenvalue weighted by Crippen LogP contribution is 2.20. The van der Waals surface area contributed by atoms with Crippen LogP contribution in [0.1, 0.15) is 12.5 Å². The first-order valence-corrected chi connectivity index (χ1v) is 8.43. The van der Waals surface area contributed by atoms with E-state index in [1.807, 2.05) is 48.5 Å². The molecule has 0 bridgehead atoms. The number of anilines is 4. The van der Waals surface area contributed by atoms with Gasteiger partial charge in [-0.15, -0.1) is 0 Å². The van der Waals surface area contributed by atoms with Gasteiger partial charge in [0.2, 0.25) is 11.9 Å². The lowest BCUT2D eigenvalue weighted by Gasteiger charge is -2.10. The summed E-state index contributed by atoms with van der Waals surface area (Å²) in [4.78, 5) is 19.8. The molecule has 2 aromatic carbocycles. The van der Waals surface area contributed by atoms with E-state index in [1.54, 1.807) is 12.3 Å². The van der Waals surface area contributed by atoms with Crippen molar-refractivity contribution in [3.05, 3.63) is 71.4 Å². The molecule has 1 heterocycles. The molecule has 1 aromatic heterocycles. The van der Waals surface area contributed by atoms with E-state index in [2.05, 4.69) is 25.9 Å². The maximum Gasteiger partial charge on any atom is 0.224 e. The number of nitrogens with one attached hydrogen (secondary N) is 3. The maximum absolute atomic E-state index is 11.2. The van der Waals surface area contributed by atoms with E-state index in [4.69, 9.17) is 11.6 Å². The first-order chi connectivity index (χ1) is 12.6. The Morgan fingerprint density at radius 1 is 1.08 bits per heavy atom. The molecule has 3 rings (SSSR count). The maximum atomic E-state index is 11.2. The van der Waals surface area contributed by atoms with Crippen molar-refractivity contribution in [1.82, 2.24) is 9.97 Å². The van der Waals surface area contributed by atoms with Crippen molar-refractivity contribution in [1.29, 1.82) is 0 Å². The van der Waals surface area contributed by atoms with E-state index in [0.29, 0.717) is 29.0 Å². The summed E-state index contributed by atoms with van der Waals surface area (Å²) in [6, 6.07) is 16.8. The van der Waals surface area contributed by atoms with Gasteiger partial charge in [-0.05, 0) is 35.9 Å². The molecular formula is C19H18ClN5O. The van der Waals surface area contributed by atoms with Crippen molar-refractivity contribution in [2.75, 3.05) is 16.0 Å². The predicted molar refractivity (Wildman–Crippen MR) is 105 cm³/mol. The van der Waals surface area contributed by atoms with Crippen molar-refractivity contribution in [3.8, 4) is 0 Å². The molecule has 3 N–H and O–H groups in total. The number of halogens is 1. The molecule has 0 radical (unpaired) electrons. The lowest BCUT2D eigenvalue weighted by atomic mass is 10.2. The van der Waals surface area contributed by atoms with Crippen molar-refractivity contribution in [2.24, 2.45) is 0 Å². The Morgan fingerprint density at radius 3 is 2.69 bits per heavy atom. The third kappa shape index (κ3) is 4.94. The van der Waals surface area contributed by atoms with Crippen molar-refractivity contribution < 1.29 is 4.79 Å². The van der Waals surface area contributed by atoms with E-state index in [0.717, 1.165) is 11.3 Å². The standard InChI is InChI=1S/C19H18ClN5O/c1-13(26)23-15-6-4-7-16(11-15)24-18-9-10-21-19(25-18)22-12-14-5-2-3-8-17(14)20/h2-11H,12H2,1H3,(H,23,26)(H2,21,22,24,25). The van der Waals surface area contributed by atoms with Gasteiger partial charge in [-0.2, -0.15) is 4.98 Å². The van der Waals surface area contributed by atoms with Gasteiger partial charge < -0.3 is 16.0 Å². The lowest BCUT2D eigenvalue weighted by molar-refractivity contribution is -0.114. The molecular weight excluding hydrogens is 350 g/mol. The summed E-state index contributed by atoms with van der Waals surface area (Å²) in [6.07, 6.45) is 1.67. The van der Waals surface area contributed by atoms with Gasteiger partial charge in [-0.25, -0.2) is 4.98 Å². The summed E-state index contributed by atoms with van der Waals surface area (Å²) in [5.74, 6) is 1.02. The summed E-state index contributed by atoms with van der Waals surface area (Å²) in [6.45, 7) is 2.00. The largest absolute Gasteiger partial charge is 0.350 e. The average Bonchev–Trinajstić information content (AvgIpc) is 2.61. The Bertz CT molecular complexity index is 916. The van der Waals surface area contributed by atoms with Crippen LogP contribution in [0.3, 0.4) is 0 Å². The Labute approximate surface area is 156 Å². The van der Waals surface area contributed by atoms with Crippen LogP contribution in [0.25, 0.3) is 0 Å². The van der Waals surface area contributed by atoms with Gasteiger partial charge in [-0.1, -0.05) is 35.9 Å². The Kier molecular flexibility index (Phi) is 5.66. The van der Waals surface area contributed by atoms with Crippen molar-refractivity contribution in [3.63, 3.8) is 0 Å². The SMILES string of the molecule is CC(=O)Nc1cccc(Nc2ccnc(NCc3ccccc3Cl)n2)c1. The minimum atomic E-state index is -0.116. The lowest BCUT2D eigenvalue weighted by Crippen LogP contribution is -2.06. The molecule has 0 saturated heterocycles. The number of amides is 1. The minimum absolute atomic E-state index is 0.116. The molecule has 1 amide bonds. The zero-order chi connectivity index (χ0) is 18.4. The average molecular weight is 368 g/mol. The first-order valence-electron chi connectivity index (χ1n) is 8.05. The van der Waals surface area contributed by atoms with Crippen LogP contribution in [0.5, 0.6) is 0 Å². The number of rotatable bonds is 6. The highest BCUT2D eigenvalue weighted by atomic mass is 35.5. The van der Waals surface area contributed by atoms with Gasteiger partial charge in [0.1, 0.15) is 5.82 Å². The van der Waals surface area contributed by atoms with Gasteiger partial charge in [0.15, 0.2) is 0 Å². The minimum Gasteiger partial charge on any atom is -0.350 e. The smallest absolute Gasteiger partial charge is 0.224 e. The summed E-state index contributed by atoms with van der Waals surface area (Å²) in [5.41, 5.74) is 2.50. The highest BCUT2D eigenvalue weighted by Gasteiger charge is 2.03. The molecule has 0 atom stereocenters. The van der Waals surface area contributed by atoms with Crippen molar-refractivity contribution >= 4 is 40.6 Å². The van der Waals surface area contributed by atoms with E-state index in [1.165, 1.54) is 6.92 Å². The van der Waals surface area contributed by atoms with Gasteiger partial charge in [0, 0.05) is 36.1 Å². The zero-order valence-electron chi connectivity index (χ0n) is 14.2. The number of hydrogen-bond acceptors (Lipinski definition) is 5.